The Bertz CT molecular complexity index is 471. The summed E-state index contributed by atoms with van der Waals surface area (Å²) >= 11 is 1.68. The van der Waals surface area contributed by atoms with E-state index in [0.717, 1.165) is 24.8 Å². The minimum Gasteiger partial charge on any atom is -0.479 e. The highest BCUT2D eigenvalue weighted by Gasteiger charge is 2.27. The van der Waals surface area contributed by atoms with Crippen LogP contribution in [0.25, 0.3) is 0 Å². The van der Waals surface area contributed by atoms with E-state index in [1.54, 1.807) is 11.3 Å². The topological polar surface area (TPSA) is 86.6 Å². The molecule has 6 heteroatoms. The van der Waals surface area contributed by atoms with Crippen LogP contribution in [0.2, 0.25) is 0 Å². The molecule has 1 amide bonds. The van der Waals surface area contributed by atoms with Crippen LogP contribution in [-0.2, 0) is 16.0 Å². The van der Waals surface area contributed by atoms with Gasteiger partial charge in [-0.1, -0.05) is 0 Å². The molecular weight excluding hydrogens is 266 g/mol. The Labute approximate surface area is 115 Å². The fraction of sp³-hybridized carbons (Fsp3) is 0.538. The van der Waals surface area contributed by atoms with E-state index in [4.69, 9.17) is 10.2 Å². The zero-order chi connectivity index (χ0) is 13.8. The van der Waals surface area contributed by atoms with Crippen molar-refractivity contribution in [2.45, 2.75) is 37.7 Å². The molecule has 0 fully saturated rings. The molecule has 2 atom stereocenters. The van der Waals surface area contributed by atoms with Crippen molar-refractivity contribution in [1.29, 1.82) is 0 Å². The quantitative estimate of drug-likeness (QED) is 0.756. The number of thiophene rings is 1. The molecule has 5 nitrogen and oxygen atoms in total. The molecule has 1 aromatic rings. The van der Waals surface area contributed by atoms with Crippen LogP contribution in [0.4, 0.5) is 0 Å². The van der Waals surface area contributed by atoms with Crippen molar-refractivity contribution in [3.8, 4) is 0 Å². The molecule has 1 aliphatic rings. The fourth-order valence-corrected chi connectivity index (χ4v) is 3.33. The van der Waals surface area contributed by atoms with Gasteiger partial charge in [-0.05, 0) is 36.3 Å². The summed E-state index contributed by atoms with van der Waals surface area (Å²) in [6.07, 6.45) is 1.49. The Morgan fingerprint density at radius 3 is 3.05 bits per heavy atom. The molecule has 2 unspecified atom stereocenters. The van der Waals surface area contributed by atoms with Crippen LogP contribution in [0.1, 0.15) is 35.6 Å². The third-order valence-electron chi connectivity index (χ3n) is 3.37. The minimum absolute atomic E-state index is 0.0320. The number of carbonyl (C=O) groups excluding carboxylic acids is 1. The summed E-state index contributed by atoms with van der Waals surface area (Å²) in [5, 5.41) is 22.4. The molecule has 104 valence electrons. The summed E-state index contributed by atoms with van der Waals surface area (Å²) in [7, 11) is 0. The van der Waals surface area contributed by atoms with Crippen molar-refractivity contribution in [2.75, 3.05) is 6.54 Å². The van der Waals surface area contributed by atoms with Crippen LogP contribution < -0.4 is 5.32 Å². The molecule has 1 aliphatic carbocycles. The Morgan fingerprint density at radius 2 is 2.32 bits per heavy atom. The van der Waals surface area contributed by atoms with Crippen LogP contribution in [-0.4, -0.2) is 34.7 Å². The van der Waals surface area contributed by atoms with Gasteiger partial charge in [-0.15, -0.1) is 11.3 Å². The lowest BCUT2D eigenvalue weighted by molar-refractivity contribution is -0.147. The van der Waals surface area contributed by atoms with E-state index in [-0.39, 0.29) is 24.8 Å². The molecule has 0 saturated carbocycles. The number of fused-ring (bicyclic) bond motifs is 1. The van der Waals surface area contributed by atoms with E-state index in [9.17, 15) is 9.59 Å². The predicted molar refractivity (Wildman–Crippen MR) is 71.3 cm³/mol. The summed E-state index contributed by atoms with van der Waals surface area (Å²) in [6.45, 7) is 0.183. The van der Waals surface area contributed by atoms with Crippen LogP contribution in [0.5, 0.6) is 0 Å². The maximum Gasteiger partial charge on any atom is 0.332 e. The number of aliphatic carboxylic acids is 1. The molecule has 19 heavy (non-hydrogen) atoms. The Hall–Kier alpha value is -1.40. The smallest absolute Gasteiger partial charge is 0.332 e. The average Bonchev–Trinajstić information content (AvgIpc) is 2.86. The maximum absolute atomic E-state index is 12.1. The van der Waals surface area contributed by atoms with E-state index >= 15 is 0 Å². The van der Waals surface area contributed by atoms with Crippen molar-refractivity contribution in [1.82, 2.24) is 5.32 Å². The normalized spacial score (nSPS) is 19.5. The molecule has 3 N–H and O–H groups in total. The van der Waals surface area contributed by atoms with E-state index in [1.807, 2.05) is 11.4 Å². The van der Waals surface area contributed by atoms with Crippen molar-refractivity contribution < 1.29 is 19.8 Å². The maximum atomic E-state index is 12.1. The number of carboxylic acid groups (broad SMARTS) is 1. The first kappa shape index (κ1) is 14.0. The first-order chi connectivity index (χ1) is 9.09. The van der Waals surface area contributed by atoms with Gasteiger partial charge in [-0.3, -0.25) is 4.79 Å². The first-order valence-corrected chi connectivity index (χ1v) is 7.22. The van der Waals surface area contributed by atoms with Gasteiger partial charge < -0.3 is 15.5 Å². The monoisotopic (exact) mass is 283 g/mol. The lowest BCUT2D eigenvalue weighted by atomic mass is 9.87. The first-order valence-electron chi connectivity index (χ1n) is 6.34. The number of rotatable bonds is 5. The number of aryl methyl sites for hydroxylation is 1. The Kier molecular flexibility index (Phi) is 4.55. The number of hydrogen-bond donors (Lipinski definition) is 3. The summed E-state index contributed by atoms with van der Waals surface area (Å²) < 4.78 is 0. The van der Waals surface area contributed by atoms with Gasteiger partial charge in [0.2, 0.25) is 5.91 Å². The molecule has 1 heterocycles. The van der Waals surface area contributed by atoms with E-state index in [2.05, 4.69) is 5.32 Å². The number of amides is 1. The Morgan fingerprint density at radius 1 is 1.53 bits per heavy atom. The van der Waals surface area contributed by atoms with Gasteiger partial charge >= 0.3 is 5.97 Å². The van der Waals surface area contributed by atoms with Crippen LogP contribution in [0.15, 0.2) is 11.4 Å². The largest absolute Gasteiger partial charge is 0.479 e. The fourth-order valence-electron chi connectivity index (χ4n) is 2.34. The third-order valence-corrected chi connectivity index (χ3v) is 4.37. The SMILES string of the molecule is O=C(O)C(O)CCNC(=O)C1CCCc2sccc21. The molecule has 0 aliphatic heterocycles. The number of aliphatic hydroxyl groups excluding tert-OH is 1. The molecule has 0 aromatic carbocycles. The highest BCUT2D eigenvalue weighted by atomic mass is 32.1. The zero-order valence-electron chi connectivity index (χ0n) is 10.5. The standard InChI is InChI=1S/C13H17NO4S/c15-10(13(17)18)4-6-14-12(16)9-2-1-3-11-8(9)5-7-19-11/h5,7,9-10,15H,1-4,6H2,(H,14,16)(H,17,18). The van der Waals surface area contributed by atoms with Crippen LogP contribution in [0, 0.1) is 0 Å². The lowest BCUT2D eigenvalue weighted by Crippen LogP contribution is -2.34. The number of hydrogen-bond acceptors (Lipinski definition) is 4. The predicted octanol–water partition coefficient (Wildman–Crippen LogP) is 1.12. The van der Waals surface area contributed by atoms with Crippen LogP contribution in [0.3, 0.4) is 0 Å². The van der Waals surface area contributed by atoms with Gasteiger partial charge in [-0.25, -0.2) is 4.79 Å². The molecule has 0 spiro atoms. The third kappa shape index (κ3) is 3.33. The molecule has 1 aromatic heterocycles. The van der Waals surface area contributed by atoms with E-state index < -0.39 is 12.1 Å². The van der Waals surface area contributed by atoms with Crippen molar-refractivity contribution in [3.63, 3.8) is 0 Å². The second-order valence-corrected chi connectivity index (χ2v) is 5.68. The number of nitrogens with one attached hydrogen (secondary N) is 1. The number of carbonyl (C=O) groups is 2. The van der Waals surface area contributed by atoms with Gasteiger partial charge in [0.25, 0.3) is 0 Å². The van der Waals surface area contributed by atoms with Gasteiger partial charge in [0.05, 0.1) is 5.92 Å². The van der Waals surface area contributed by atoms with Gasteiger partial charge in [0.15, 0.2) is 6.10 Å². The molecule has 0 radical (unpaired) electrons. The molecule has 0 bridgehead atoms. The second kappa shape index (κ2) is 6.16. The molecular formula is C13H17NO4S. The average molecular weight is 283 g/mol. The summed E-state index contributed by atoms with van der Waals surface area (Å²) in [6, 6.07) is 2.00. The zero-order valence-corrected chi connectivity index (χ0v) is 11.3. The summed E-state index contributed by atoms with van der Waals surface area (Å²) in [4.78, 5) is 23.8. The van der Waals surface area contributed by atoms with Crippen LogP contribution >= 0.6 is 11.3 Å². The highest BCUT2D eigenvalue weighted by molar-refractivity contribution is 7.10. The summed E-state index contributed by atoms with van der Waals surface area (Å²) in [5.74, 6) is -1.46. The van der Waals surface area contributed by atoms with Gasteiger partial charge in [-0.2, -0.15) is 0 Å². The van der Waals surface area contributed by atoms with Crippen molar-refractivity contribution in [3.05, 3.63) is 21.9 Å². The molecule has 2 rings (SSSR count). The van der Waals surface area contributed by atoms with Crippen molar-refractivity contribution in [2.24, 2.45) is 0 Å². The lowest BCUT2D eigenvalue weighted by Gasteiger charge is -2.22. The van der Waals surface area contributed by atoms with Crippen molar-refractivity contribution >= 4 is 23.2 Å². The Balaban J connectivity index is 1.87. The number of carboxylic acids is 1. The molecule has 0 saturated heterocycles. The highest BCUT2D eigenvalue weighted by Crippen LogP contribution is 2.34. The van der Waals surface area contributed by atoms with Gasteiger partial charge in [0, 0.05) is 17.8 Å². The van der Waals surface area contributed by atoms with Gasteiger partial charge in [0.1, 0.15) is 0 Å². The summed E-state index contributed by atoms with van der Waals surface area (Å²) in [5.41, 5.74) is 1.10. The van der Waals surface area contributed by atoms with E-state index in [1.165, 1.54) is 4.88 Å². The number of aliphatic hydroxyl groups is 1. The second-order valence-electron chi connectivity index (χ2n) is 4.68. The minimum atomic E-state index is -1.41. The van der Waals surface area contributed by atoms with E-state index in [0.29, 0.717) is 0 Å².